The number of hydrogen-bond acceptors (Lipinski definition) is 5. The number of halogens is 1. The molecule has 0 bridgehead atoms. The molecule has 2 aromatic heterocycles. The summed E-state index contributed by atoms with van der Waals surface area (Å²) in [6.07, 6.45) is 1.69. The second-order valence-corrected chi connectivity index (χ2v) is 7.39. The molecule has 0 radical (unpaired) electrons. The molecule has 0 unspecified atom stereocenters. The molecule has 5 nitrogen and oxygen atoms in total. The molecule has 0 fully saturated rings. The average molecular weight is 370 g/mol. The summed E-state index contributed by atoms with van der Waals surface area (Å²) in [6, 6.07) is 12.5. The van der Waals surface area contributed by atoms with Gasteiger partial charge in [0.2, 0.25) is 0 Å². The van der Waals surface area contributed by atoms with Crippen LogP contribution in [0.25, 0.3) is 10.8 Å². The smallest absolute Gasteiger partial charge is 0.338 e. The molecule has 1 aromatic carbocycles. The van der Waals surface area contributed by atoms with Gasteiger partial charge in [0, 0.05) is 22.5 Å². The number of pyridine rings is 2. The standard InChI is InChI=1S/C20H20ClN3O2/c1-20(2,3)24-18-16-10-17(21)22-11-14(16)9-15(23-18)12-26-19(25)13-7-5-4-6-8-13/h4-11H,12H2,1-3H3,(H,23,24). The molecule has 0 aliphatic heterocycles. The number of anilines is 1. The highest BCUT2D eigenvalue weighted by atomic mass is 35.5. The van der Waals surface area contributed by atoms with Crippen molar-refractivity contribution < 1.29 is 9.53 Å². The van der Waals surface area contributed by atoms with Crippen LogP contribution in [0.2, 0.25) is 5.15 Å². The van der Waals surface area contributed by atoms with E-state index in [0.29, 0.717) is 22.2 Å². The van der Waals surface area contributed by atoms with Gasteiger partial charge in [-0.15, -0.1) is 0 Å². The normalized spacial score (nSPS) is 11.4. The number of esters is 1. The summed E-state index contributed by atoms with van der Waals surface area (Å²) in [5.41, 5.74) is 0.960. The lowest BCUT2D eigenvalue weighted by Crippen LogP contribution is -2.27. The number of nitrogens with zero attached hydrogens (tertiary/aromatic N) is 2. The van der Waals surface area contributed by atoms with Gasteiger partial charge < -0.3 is 10.1 Å². The Morgan fingerprint density at radius 3 is 2.62 bits per heavy atom. The molecule has 0 amide bonds. The zero-order valence-corrected chi connectivity index (χ0v) is 15.7. The van der Waals surface area contributed by atoms with Crippen molar-refractivity contribution in [3.63, 3.8) is 0 Å². The van der Waals surface area contributed by atoms with E-state index in [4.69, 9.17) is 16.3 Å². The Balaban J connectivity index is 1.89. The molecule has 0 aliphatic carbocycles. The van der Waals surface area contributed by atoms with E-state index in [2.05, 4.69) is 15.3 Å². The first-order valence-electron chi connectivity index (χ1n) is 8.27. The summed E-state index contributed by atoms with van der Waals surface area (Å²) in [5, 5.41) is 5.53. The highest BCUT2D eigenvalue weighted by molar-refractivity contribution is 6.30. The molecule has 134 valence electrons. The Bertz CT molecular complexity index is 937. The molecule has 0 saturated carbocycles. The van der Waals surface area contributed by atoms with Crippen molar-refractivity contribution in [1.82, 2.24) is 9.97 Å². The van der Waals surface area contributed by atoms with Gasteiger partial charge in [-0.25, -0.2) is 14.8 Å². The van der Waals surface area contributed by atoms with Gasteiger partial charge in [0.15, 0.2) is 0 Å². The van der Waals surface area contributed by atoms with Crippen molar-refractivity contribution in [3.8, 4) is 0 Å². The van der Waals surface area contributed by atoms with Crippen LogP contribution in [0.4, 0.5) is 5.82 Å². The molecule has 2 heterocycles. The van der Waals surface area contributed by atoms with Crippen LogP contribution in [0.15, 0.2) is 48.7 Å². The van der Waals surface area contributed by atoms with E-state index < -0.39 is 0 Å². The first-order chi connectivity index (χ1) is 12.3. The number of ether oxygens (including phenoxy) is 1. The lowest BCUT2D eigenvalue weighted by atomic mass is 10.1. The van der Waals surface area contributed by atoms with Crippen molar-refractivity contribution in [2.24, 2.45) is 0 Å². The molecule has 6 heteroatoms. The molecule has 0 atom stereocenters. The minimum Gasteiger partial charge on any atom is -0.456 e. The van der Waals surface area contributed by atoms with E-state index in [0.717, 1.165) is 10.8 Å². The van der Waals surface area contributed by atoms with Gasteiger partial charge in [-0.05, 0) is 45.0 Å². The van der Waals surface area contributed by atoms with Crippen LogP contribution in [0.5, 0.6) is 0 Å². The predicted octanol–water partition coefficient (Wildman–Crippen LogP) is 4.85. The van der Waals surface area contributed by atoms with Gasteiger partial charge in [0.1, 0.15) is 17.6 Å². The second kappa shape index (κ2) is 7.30. The van der Waals surface area contributed by atoms with E-state index in [-0.39, 0.29) is 18.1 Å². The molecule has 0 saturated heterocycles. The number of benzene rings is 1. The van der Waals surface area contributed by atoms with Crippen molar-refractivity contribution in [1.29, 1.82) is 0 Å². The van der Waals surface area contributed by atoms with E-state index in [1.807, 2.05) is 32.9 Å². The Labute approximate surface area is 157 Å². The minimum atomic E-state index is -0.382. The first-order valence-corrected chi connectivity index (χ1v) is 8.65. The first kappa shape index (κ1) is 18.1. The van der Waals surface area contributed by atoms with Crippen LogP contribution in [0.1, 0.15) is 36.8 Å². The lowest BCUT2D eigenvalue weighted by Gasteiger charge is -2.23. The lowest BCUT2D eigenvalue weighted by molar-refractivity contribution is 0.0468. The Morgan fingerprint density at radius 1 is 1.19 bits per heavy atom. The third kappa shape index (κ3) is 4.49. The number of carbonyl (C=O) groups excluding carboxylic acids is 1. The number of fused-ring (bicyclic) bond motifs is 1. The summed E-state index contributed by atoms with van der Waals surface area (Å²) in [6.45, 7) is 6.22. The van der Waals surface area contributed by atoms with Gasteiger partial charge in [0.25, 0.3) is 0 Å². The van der Waals surface area contributed by atoms with Crippen molar-refractivity contribution in [3.05, 3.63) is 65.1 Å². The number of nitrogens with one attached hydrogen (secondary N) is 1. The van der Waals surface area contributed by atoms with Crippen LogP contribution in [-0.4, -0.2) is 21.5 Å². The molecule has 3 aromatic rings. The fourth-order valence-corrected chi connectivity index (χ4v) is 2.66. The van der Waals surface area contributed by atoms with Crippen molar-refractivity contribution in [2.45, 2.75) is 32.9 Å². The SMILES string of the molecule is CC(C)(C)Nc1nc(COC(=O)c2ccccc2)cc2cnc(Cl)cc12. The second-order valence-electron chi connectivity index (χ2n) is 7.01. The van der Waals surface area contributed by atoms with E-state index >= 15 is 0 Å². The van der Waals surface area contributed by atoms with Gasteiger partial charge >= 0.3 is 5.97 Å². The Kier molecular flexibility index (Phi) is 5.09. The molecular weight excluding hydrogens is 350 g/mol. The maximum absolute atomic E-state index is 12.1. The zero-order chi connectivity index (χ0) is 18.7. The van der Waals surface area contributed by atoms with Gasteiger partial charge in [-0.2, -0.15) is 0 Å². The Hall–Kier alpha value is -2.66. The summed E-state index contributed by atoms with van der Waals surface area (Å²) in [7, 11) is 0. The molecule has 0 aliphatic rings. The third-order valence-corrected chi connectivity index (χ3v) is 3.79. The van der Waals surface area contributed by atoms with E-state index in [1.165, 1.54) is 0 Å². The van der Waals surface area contributed by atoms with Crippen LogP contribution in [-0.2, 0) is 11.3 Å². The topological polar surface area (TPSA) is 64.1 Å². The quantitative estimate of drug-likeness (QED) is 0.526. The monoisotopic (exact) mass is 369 g/mol. The van der Waals surface area contributed by atoms with Crippen LogP contribution in [0, 0.1) is 0 Å². The summed E-state index contributed by atoms with van der Waals surface area (Å²) in [4.78, 5) is 20.9. The Morgan fingerprint density at radius 2 is 1.92 bits per heavy atom. The molecule has 0 spiro atoms. The van der Waals surface area contributed by atoms with Gasteiger partial charge in [-0.1, -0.05) is 29.8 Å². The average Bonchev–Trinajstić information content (AvgIpc) is 2.59. The number of aromatic nitrogens is 2. The summed E-state index contributed by atoms with van der Waals surface area (Å²) < 4.78 is 5.40. The third-order valence-electron chi connectivity index (χ3n) is 3.59. The van der Waals surface area contributed by atoms with Gasteiger partial charge in [0.05, 0.1) is 11.3 Å². The number of rotatable bonds is 4. The summed E-state index contributed by atoms with van der Waals surface area (Å²) >= 11 is 6.04. The van der Waals surface area contributed by atoms with Crippen LogP contribution in [0.3, 0.4) is 0 Å². The fraction of sp³-hybridized carbons (Fsp3) is 0.250. The molecule has 1 N–H and O–H groups in total. The number of carbonyl (C=O) groups is 1. The molecule has 3 rings (SSSR count). The highest BCUT2D eigenvalue weighted by Gasteiger charge is 2.15. The maximum atomic E-state index is 12.1. The molecule has 26 heavy (non-hydrogen) atoms. The fourth-order valence-electron chi connectivity index (χ4n) is 2.50. The van der Waals surface area contributed by atoms with Crippen molar-refractivity contribution >= 4 is 34.2 Å². The van der Waals surface area contributed by atoms with E-state index in [9.17, 15) is 4.79 Å². The predicted molar refractivity (Wildman–Crippen MR) is 103 cm³/mol. The number of hydrogen-bond donors (Lipinski definition) is 1. The molecular formula is C20H20ClN3O2. The summed E-state index contributed by atoms with van der Waals surface area (Å²) in [5.74, 6) is 0.303. The largest absolute Gasteiger partial charge is 0.456 e. The zero-order valence-electron chi connectivity index (χ0n) is 14.9. The highest BCUT2D eigenvalue weighted by Crippen LogP contribution is 2.27. The van der Waals surface area contributed by atoms with Crippen LogP contribution < -0.4 is 5.32 Å². The van der Waals surface area contributed by atoms with Crippen LogP contribution >= 0.6 is 11.6 Å². The van der Waals surface area contributed by atoms with Gasteiger partial charge in [-0.3, -0.25) is 0 Å². The van der Waals surface area contributed by atoms with Crippen molar-refractivity contribution in [2.75, 3.05) is 5.32 Å². The van der Waals surface area contributed by atoms with E-state index in [1.54, 1.807) is 36.5 Å². The minimum absolute atomic E-state index is 0.0745. The maximum Gasteiger partial charge on any atom is 0.338 e.